The second kappa shape index (κ2) is 10.2. The number of carbonyl (C=O) groups excluding carboxylic acids is 1. The Hall–Kier alpha value is -1.44. The largest absolute Gasteiger partial charge is 0.355 e. The summed E-state index contributed by atoms with van der Waals surface area (Å²) in [5, 5.41) is 6.30. The predicted octanol–water partition coefficient (Wildman–Crippen LogP) is 2.19. The summed E-state index contributed by atoms with van der Waals surface area (Å²) >= 11 is 0. The molecule has 3 N–H and O–H groups in total. The van der Waals surface area contributed by atoms with Gasteiger partial charge in [0, 0.05) is 6.54 Å². The van der Waals surface area contributed by atoms with Crippen LogP contribution in [0.25, 0.3) is 0 Å². The van der Waals surface area contributed by atoms with E-state index in [-0.39, 0.29) is 16.7 Å². The summed E-state index contributed by atoms with van der Waals surface area (Å²) in [6.45, 7) is 8.50. The lowest BCUT2D eigenvalue weighted by atomic mass is 9.96. The highest BCUT2D eigenvalue weighted by Crippen LogP contribution is 2.15. The minimum absolute atomic E-state index is 0.183. The molecule has 0 bridgehead atoms. The maximum Gasteiger partial charge on any atom is 0.241 e. The third kappa shape index (κ3) is 7.24. The van der Waals surface area contributed by atoms with Gasteiger partial charge in [-0.2, -0.15) is 4.72 Å². The number of amides is 1. The maximum absolute atomic E-state index is 12.7. The molecular formula is C20H33N3O3S. The molecule has 152 valence electrons. The van der Waals surface area contributed by atoms with Gasteiger partial charge < -0.3 is 10.6 Å². The molecule has 0 aromatic heterocycles. The summed E-state index contributed by atoms with van der Waals surface area (Å²) in [6, 6.07) is 5.88. The Labute approximate surface area is 163 Å². The standard InChI is InChI=1S/C20H33N3O3S/c1-15(2)13-19(20(24)22-12-10-17-5-4-11-21-14-17)23-27(25,26)18-8-6-16(3)7-9-18/h6-9,15,17,19,21,23H,4-5,10-14H2,1-3H3,(H,22,24). The summed E-state index contributed by atoms with van der Waals surface area (Å²) < 4.78 is 27.9. The first-order chi connectivity index (χ1) is 12.8. The van der Waals surface area contributed by atoms with Crippen molar-refractivity contribution in [2.45, 2.75) is 57.4 Å². The van der Waals surface area contributed by atoms with Crippen LogP contribution in [0.2, 0.25) is 0 Å². The molecule has 2 rings (SSSR count). The van der Waals surface area contributed by atoms with Crippen molar-refractivity contribution < 1.29 is 13.2 Å². The van der Waals surface area contributed by atoms with E-state index < -0.39 is 16.1 Å². The number of benzene rings is 1. The quantitative estimate of drug-likeness (QED) is 0.598. The SMILES string of the molecule is Cc1ccc(S(=O)(=O)NC(CC(C)C)C(=O)NCCC2CCCNC2)cc1. The minimum Gasteiger partial charge on any atom is -0.355 e. The number of hydrogen-bond acceptors (Lipinski definition) is 4. The zero-order valence-corrected chi connectivity index (χ0v) is 17.4. The van der Waals surface area contributed by atoms with Gasteiger partial charge in [-0.1, -0.05) is 31.5 Å². The number of piperidine rings is 1. The van der Waals surface area contributed by atoms with Crippen molar-refractivity contribution in [2.75, 3.05) is 19.6 Å². The Balaban J connectivity index is 1.96. The molecule has 1 fully saturated rings. The molecule has 1 amide bonds. The average molecular weight is 396 g/mol. The second-order valence-electron chi connectivity index (χ2n) is 7.91. The highest BCUT2D eigenvalue weighted by atomic mass is 32.2. The van der Waals surface area contributed by atoms with E-state index in [0.29, 0.717) is 18.9 Å². The van der Waals surface area contributed by atoms with Gasteiger partial charge in [-0.15, -0.1) is 0 Å². The lowest BCUT2D eigenvalue weighted by molar-refractivity contribution is -0.123. The lowest BCUT2D eigenvalue weighted by Crippen LogP contribution is -2.47. The Morgan fingerprint density at radius 2 is 1.96 bits per heavy atom. The van der Waals surface area contributed by atoms with Crippen LogP contribution in [0.4, 0.5) is 0 Å². The van der Waals surface area contributed by atoms with Crippen LogP contribution in [-0.2, 0) is 14.8 Å². The molecule has 1 aromatic rings. The summed E-state index contributed by atoms with van der Waals surface area (Å²) in [5.41, 5.74) is 0.989. The maximum atomic E-state index is 12.7. The summed E-state index contributed by atoms with van der Waals surface area (Å²) in [5.74, 6) is 0.527. The molecule has 0 radical (unpaired) electrons. The Bertz CT molecular complexity index is 696. The van der Waals surface area contributed by atoms with E-state index in [4.69, 9.17) is 0 Å². The Kier molecular flexibility index (Phi) is 8.26. The monoisotopic (exact) mass is 395 g/mol. The third-order valence-corrected chi connectivity index (χ3v) is 6.39. The Morgan fingerprint density at radius 1 is 1.26 bits per heavy atom. The normalized spacial score (nSPS) is 19.0. The van der Waals surface area contributed by atoms with E-state index in [1.165, 1.54) is 12.8 Å². The van der Waals surface area contributed by atoms with Gasteiger partial charge in [0.25, 0.3) is 0 Å². The first-order valence-electron chi connectivity index (χ1n) is 9.85. The number of hydrogen-bond donors (Lipinski definition) is 3. The van der Waals surface area contributed by atoms with E-state index in [9.17, 15) is 13.2 Å². The number of aryl methyl sites for hydroxylation is 1. The van der Waals surface area contributed by atoms with Crippen LogP contribution in [0.15, 0.2) is 29.2 Å². The van der Waals surface area contributed by atoms with Crippen LogP contribution in [0.3, 0.4) is 0 Å². The molecule has 7 heteroatoms. The van der Waals surface area contributed by atoms with Gasteiger partial charge in [-0.05, 0) is 69.7 Å². The van der Waals surface area contributed by atoms with Crippen LogP contribution in [0, 0.1) is 18.8 Å². The van der Waals surface area contributed by atoms with Gasteiger partial charge in [-0.25, -0.2) is 8.42 Å². The molecule has 1 aliphatic heterocycles. The van der Waals surface area contributed by atoms with Crippen molar-refractivity contribution in [3.63, 3.8) is 0 Å². The number of rotatable bonds is 9. The van der Waals surface area contributed by atoms with Gasteiger partial charge in [-0.3, -0.25) is 4.79 Å². The van der Waals surface area contributed by atoms with E-state index >= 15 is 0 Å². The predicted molar refractivity (Wildman–Crippen MR) is 108 cm³/mol. The molecule has 1 heterocycles. The van der Waals surface area contributed by atoms with E-state index in [2.05, 4.69) is 15.4 Å². The molecule has 2 atom stereocenters. The first-order valence-corrected chi connectivity index (χ1v) is 11.3. The van der Waals surface area contributed by atoms with Crippen LogP contribution >= 0.6 is 0 Å². The highest BCUT2D eigenvalue weighted by Gasteiger charge is 2.26. The van der Waals surface area contributed by atoms with Crippen molar-refractivity contribution in [1.82, 2.24) is 15.4 Å². The number of carbonyl (C=O) groups is 1. The zero-order valence-electron chi connectivity index (χ0n) is 16.6. The summed E-state index contributed by atoms with van der Waals surface area (Å²) in [6.07, 6.45) is 3.73. The molecule has 0 saturated carbocycles. The van der Waals surface area contributed by atoms with Gasteiger partial charge in [0.05, 0.1) is 4.90 Å². The average Bonchev–Trinajstić information content (AvgIpc) is 2.62. The van der Waals surface area contributed by atoms with Gasteiger partial charge in [0.2, 0.25) is 15.9 Å². The van der Waals surface area contributed by atoms with Crippen LogP contribution in [0.5, 0.6) is 0 Å². The van der Waals surface area contributed by atoms with E-state index in [1.54, 1.807) is 24.3 Å². The van der Waals surface area contributed by atoms with Crippen molar-refractivity contribution in [2.24, 2.45) is 11.8 Å². The second-order valence-corrected chi connectivity index (χ2v) is 9.62. The van der Waals surface area contributed by atoms with Crippen molar-refractivity contribution >= 4 is 15.9 Å². The molecule has 1 saturated heterocycles. The molecule has 0 spiro atoms. The van der Waals surface area contributed by atoms with Crippen molar-refractivity contribution in [3.8, 4) is 0 Å². The van der Waals surface area contributed by atoms with Crippen molar-refractivity contribution in [1.29, 1.82) is 0 Å². The molecular weight excluding hydrogens is 362 g/mol. The molecule has 2 unspecified atom stereocenters. The highest BCUT2D eigenvalue weighted by molar-refractivity contribution is 7.89. The number of sulfonamides is 1. The smallest absolute Gasteiger partial charge is 0.241 e. The third-order valence-electron chi connectivity index (χ3n) is 4.90. The molecule has 0 aliphatic carbocycles. The van der Waals surface area contributed by atoms with Crippen LogP contribution in [-0.4, -0.2) is 40.0 Å². The number of nitrogens with one attached hydrogen (secondary N) is 3. The minimum atomic E-state index is -3.73. The first kappa shape index (κ1) is 21.9. The van der Waals surface area contributed by atoms with E-state index in [1.807, 2.05) is 20.8 Å². The fourth-order valence-corrected chi connectivity index (χ4v) is 4.55. The van der Waals surface area contributed by atoms with Crippen LogP contribution in [0.1, 0.15) is 45.1 Å². The van der Waals surface area contributed by atoms with Crippen molar-refractivity contribution in [3.05, 3.63) is 29.8 Å². The molecule has 6 nitrogen and oxygen atoms in total. The molecule has 1 aromatic carbocycles. The summed E-state index contributed by atoms with van der Waals surface area (Å²) in [4.78, 5) is 12.8. The molecule has 27 heavy (non-hydrogen) atoms. The van der Waals surface area contributed by atoms with Gasteiger partial charge >= 0.3 is 0 Å². The van der Waals surface area contributed by atoms with Crippen LogP contribution < -0.4 is 15.4 Å². The topological polar surface area (TPSA) is 87.3 Å². The fraction of sp³-hybridized carbons (Fsp3) is 0.650. The van der Waals surface area contributed by atoms with Gasteiger partial charge in [0.15, 0.2) is 0 Å². The summed E-state index contributed by atoms with van der Waals surface area (Å²) in [7, 11) is -3.73. The van der Waals surface area contributed by atoms with E-state index in [0.717, 1.165) is 25.1 Å². The Morgan fingerprint density at radius 3 is 2.56 bits per heavy atom. The van der Waals surface area contributed by atoms with Gasteiger partial charge in [0.1, 0.15) is 6.04 Å². The zero-order chi connectivity index (χ0) is 19.9. The molecule has 1 aliphatic rings. The lowest BCUT2D eigenvalue weighted by Gasteiger charge is -2.24. The fourth-order valence-electron chi connectivity index (χ4n) is 3.35.